The SMILES string of the molecule is Cc1cccc(NC(=O)CN(C)Cc2cccc(F)c2)c1C.O=C(O)C(=O)O. The van der Waals surface area contributed by atoms with E-state index >= 15 is 0 Å². The van der Waals surface area contributed by atoms with E-state index in [0.717, 1.165) is 22.4 Å². The predicted octanol–water partition coefficient (Wildman–Crippen LogP) is 2.67. The number of anilines is 1. The lowest BCUT2D eigenvalue weighted by Gasteiger charge is -2.17. The summed E-state index contributed by atoms with van der Waals surface area (Å²) >= 11 is 0. The van der Waals surface area contributed by atoms with Gasteiger partial charge < -0.3 is 15.5 Å². The standard InChI is InChI=1S/C18H21FN2O.C2H2O4/c1-13-6-4-9-17(14(13)2)20-18(22)12-21(3)11-15-7-5-8-16(19)10-15;3-1(4)2(5)6/h4-10H,11-12H2,1-3H3,(H,20,22);(H,3,4)(H,5,6). The minimum Gasteiger partial charge on any atom is -0.473 e. The van der Waals surface area contributed by atoms with Crippen molar-refractivity contribution in [3.05, 3.63) is 65.0 Å². The van der Waals surface area contributed by atoms with E-state index in [1.54, 1.807) is 6.07 Å². The van der Waals surface area contributed by atoms with E-state index in [4.69, 9.17) is 19.8 Å². The van der Waals surface area contributed by atoms with Crippen molar-refractivity contribution in [1.29, 1.82) is 0 Å². The number of aryl methyl sites for hydroxylation is 1. The predicted molar refractivity (Wildman–Crippen MR) is 103 cm³/mol. The molecular formula is C20H23FN2O5. The van der Waals surface area contributed by atoms with Crippen LogP contribution in [0.3, 0.4) is 0 Å². The van der Waals surface area contributed by atoms with Crippen LogP contribution in [-0.2, 0) is 20.9 Å². The van der Waals surface area contributed by atoms with Gasteiger partial charge in [0.15, 0.2) is 0 Å². The molecule has 0 fully saturated rings. The van der Waals surface area contributed by atoms with E-state index in [1.165, 1.54) is 12.1 Å². The first-order chi connectivity index (χ1) is 13.1. The summed E-state index contributed by atoms with van der Waals surface area (Å²) in [6, 6.07) is 12.3. The molecule has 1 amide bonds. The smallest absolute Gasteiger partial charge is 0.414 e. The molecule has 2 aromatic rings. The number of hydrogen-bond donors (Lipinski definition) is 3. The van der Waals surface area contributed by atoms with Crippen molar-refractivity contribution in [1.82, 2.24) is 4.90 Å². The van der Waals surface area contributed by atoms with E-state index in [1.807, 2.05) is 50.1 Å². The second-order valence-corrected chi connectivity index (χ2v) is 6.21. The number of benzene rings is 2. The number of hydrogen-bond acceptors (Lipinski definition) is 4. The largest absolute Gasteiger partial charge is 0.473 e. The first-order valence-electron chi connectivity index (χ1n) is 8.35. The molecule has 0 aromatic heterocycles. The van der Waals surface area contributed by atoms with Crippen LogP contribution in [-0.4, -0.2) is 46.6 Å². The molecule has 3 N–H and O–H groups in total. The molecule has 0 saturated carbocycles. The molecule has 0 saturated heterocycles. The molecule has 0 aliphatic heterocycles. The highest BCUT2D eigenvalue weighted by molar-refractivity contribution is 6.27. The van der Waals surface area contributed by atoms with Crippen molar-refractivity contribution in [3.8, 4) is 0 Å². The van der Waals surface area contributed by atoms with Gasteiger partial charge in [-0.15, -0.1) is 0 Å². The van der Waals surface area contributed by atoms with E-state index in [9.17, 15) is 9.18 Å². The molecule has 28 heavy (non-hydrogen) atoms. The first kappa shape index (κ1) is 22.8. The van der Waals surface area contributed by atoms with Gasteiger partial charge in [-0.05, 0) is 55.8 Å². The lowest BCUT2D eigenvalue weighted by molar-refractivity contribution is -0.159. The van der Waals surface area contributed by atoms with Gasteiger partial charge in [0, 0.05) is 12.2 Å². The van der Waals surface area contributed by atoms with Crippen LogP contribution in [0.2, 0.25) is 0 Å². The molecule has 0 heterocycles. The van der Waals surface area contributed by atoms with Gasteiger partial charge in [-0.2, -0.15) is 0 Å². The molecule has 0 aliphatic rings. The highest BCUT2D eigenvalue weighted by Crippen LogP contribution is 2.17. The van der Waals surface area contributed by atoms with Crippen molar-refractivity contribution in [2.75, 3.05) is 18.9 Å². The number of carbonyl (C=O) groups is 3. The van der Waals surface area contributed by atoms with Crippen LogP contribution in [0.5, 0.6) is 0 Å². The van der Waals surface area contributed by atoms with Crippen LogP contribution >= 0.6 is 0 Å². The Balaban J connectivity index is 0.000000568. The summed E-state index contributed by atoms with van der Waals surface area (Å²) in [5.74, 6) is -3.98. The third-order valence-electron chi connectivity index (χ3n) is 3.82. The second kappa shape index (κ2) is 10.8. The Bertz CT molecular complexity index is 842. The summed E-state index contributed by atoms with van der Waals surface area (Å²) in [4.78, 5) is 32.2. The summed E-state index contributed by atoms with van der Waals surface area (Å²) in [5.41, 5.74) is 3.90. The Morgan fingerprint density at radius 3 is 2.21 bits per heavy atom. The monoisotopic (exact) mass is 390 g/mol. The zero-order chi connectivity index (χ0) is 21.3. The second-order valence-electron chi connectivity index (χ2n) is 6.21. The zero-order valence-corrected chi connectivity index (χ0v) is 15.9. The van der Waals surface area contributed by atoms with Crippen molar-refractivity contribution >= 4 is 23.5 Å². The summed E-state index contributed by atoms with van der Waals surface area (Å²) in [6.07, 6.45) is 0. The molecule has 7 nitrogen and oxygen atoms in total. The Morgan fingerprint density at radius 2 is 1.64 bits per heavy atom. The van der Waals surface area contributed by atoms with Crippen LogP contribution in [0.15, 0.2) is 42.5 Å². The summed E-state index contributed by atoms with van der Waals surface area (Å²) in [5, 5.41) is 17.7. The molecule has 0 unspecified atom stereocenters. The maximum Gasteiger partial charge on any atom is 0.414 e. The highest BCUT2D eigenvalue weighted by atomic mass is 19.1. The fraction of sp³-hybridized carbons (Fsp3) is 0.250. The average molecular weight is 390 g/mol. The van der Waals surface area contributed by atoms with E-state index in [-0.39, 0.29) is 18.3 Å². The van der Waals surface area contributed by atoms with E-state index in [2.05, 4.69) is 5.32 Å². The number of aliphatic carboxylic acids is 2. The van der Waals surface area contributed by atoms with Crippen LogP contribution in [0.25, 0.3) is 0 Å². The topological polar surface area (TPSA) is 107 Å². The Morgan fingerprint density at radius 1 is 1.04 bits per heavy atom. The molecule has 150 valence electrons. The number of nitrogens with one attached hydrogen (secondary N) is 1. The number of carboxylic acids is 2. The number of halogens is 1. The quantitative estimate of drug-likeness (QED) is 0.678. The molecule has 0 bridgehead atoms. The third-order valence-corrected chi connectivity index (χ3v) is 3.82. The maximum atomic E-state index is 13.2. The molecule has 0 spiro atoms. The fourth-order valence-corrected chi connectivity index (χ4v) is 2.32. The molecule has 0 atom stereocenters. The Hall–Kier alpha value is -3.26. The van der Waals surface area contributed by atoms with Crippen LogP contribution in [0.4, 0.5) is 10.1 Å². The van der Waals surface area contributed by atoms with Gasteiger partial charge >= 0.3 is 11.9 Å². The summed E-state index contributed by atoms with van der Waals surface area (Å²) < 4.78 is 13.2. The van der Waals surface area contributed by atoms with Crippen molar-refractivity contribution in [2.24, 2.45) is 0 Å². The maximum absolute atomic E-state index is 13.2. The highest BCUT2D eigenvalue weighted by Gasteiger charge is 2.10. The Kier molecular flexibility index (Phi) is 8.77. The molecule has 0 radical (unpaired) electrons. The van der Waals surface area contributed by atoms with Gasteiger partial charge in [-0.1, -0.05) is 24.3 Å². The van der Waals surface area contributed by atoms with Gasteiger partial charge in [0.2, 0.25) is 5.91 Å². The summed E-state index contributed by atoms with van der Waals surface area (Å²) in [7, 11) is 1.84. The van der Waals surface area contributed by atoms with Crippen LogP contribution in [0, 0.1) is 19.7 Å². The minimum absolute atomic E-state index is 0.0763. The van der Waals surface area contributed by atoms with Gasteiger partial charge in [0.05, 0.1) is 6.54 Å². The number of likely N-dealkylation sites (N-methyl/N-ethyl adjacent to an activating group) is 1. The van der Waals surface area contributed by atoms with Gasteiger partial charge in [0.25, 0.3) is 0 Å². The molecule has 2 rings (SSSR count). The Labute approximate surface area is 162 Å². The van der Waals surface area contributed by atoms with Crippen molar-refractivity contribution in [2.45, 2.75) is 20.4 Å². The number of amides is 1. The van der Waals surface area contributed by atoms with Gasteiger partial charge in [0.1, 0.15) is 5.82 Å². The fourth-order valence-electron chi connectivity index (χ4n) is 2.32. The number of carbonyl (C=O) groups excluding carboxylic acids is 1. The van der Waals surface area contributed by atoms with Crippen LogP contribution in [0.1, 0.15) is 16.7 Å². The number of nitrogens with zero attached hydrogens (tertiary/aromatic N) is 1. The summed E-state index contributed by atoms with van der Waals surface area (Å²) in [6.45, 7) is 4.78. The molecule has 8 heteroatoms. The minimum atomic E-state index is -1.82. The van der Waals surface area contributed by atoms with Gasteiger partial charge in [-0.25, -0.2) is 14.0 Å². The normalized spacial score (nSPS) is 10.0. The third kappa shape index (κ3) is 7.96. The molecular weight excluding hydrogens is 367 g/mol. The number of carboxylic acid groups (broad SMARTS) is 2. The van der Waals surface area contributed by atoms with E-state index in [0.29, 0.717) is 6.54 Å². The molecule has 0 aliphatic carbocycles. The van der Waals surface area contributed by atoms with Crippen molar-refractivity contribution < 1.29 is 29.0 Å². The lowest BCUT2D eigenvalue weighted by atomic mass is 10.1. The number of rotatable bonds is 5. The molecule has 2 aromatic carbocycles. The average Bonchev–Trinajstić information content (AvgIpc) is 2.59. The van der Waals surface area contributed by atoms with Crippen molar-refractivity contribution in [3.63, 3.8) is 0 Å². The first-order valence-corrected chi connectivity index (χ1v) is 8.35. The lowest BCUT2D eigenvalue weighted by Crippen LogP contribution is -2.30. The zero-order valence-electron chi connectivity index (χ0n) is 15.9. The van der Waals surface area contributed by atoms with Gasteiger partial charge in [-0.3, -0.25) is 9.69 Å². The van der Waals surface area contributed by atoms with Crippen LogP contribution < -0.4 is 5.32 Å². The van der Waals surface area contributed by atoms with E-state index < -0.39 is 11.9 Å².